The lowest BCUT2D eigenvalue weighted by atomic mass is 9.84. The number of piperidine rings is 1. The number of nitrogens with zero attached hydrogens (tertiary/aromatic N) is 1. The van der Waals surface area contributed by atoms with Crippen molar-refractivity contribution in [3.8, 4) is 0 Å². The third-order valence-electron chi connectivity index (χ3n) is 3.64. The van der Waals surface area contributed by atoms with Crippen molar-refractivity contribution >= 4 is 29.3 Å². The van der Waals surface area contributed by atoms with Crippen molar-refractivity contribution in [1.82, 2.24) is 0 Å². The molecule has 108 valence electrons. The topological polar surface area (TPSA) is 40.5 Å². The summed E-state index contributed by atoms with van der Waals surface area (Å²) in [5.41, 5.74) is 2.20. The van der Waals surface area contributed by atoms with E-state index in [4.69, 9.17) is 16.7 Å². The van der Waals surface area contributed by atoms with Crippen LogP contribution in [-0.4, -0.2) is 24.2 Å². The van der Waals surface area contributed by atoms with E-state index in [0.717, 1.165) is 36.8 Å². The molecule has 1 aromatic carbocycles. The first-order valence-corrected chi connectivity index (χ1v) is 7.21. The molecular formula is C16H20ClNO2. The van der Waals surface area contributed by atoms with Crippen molar-refractivity contribution in [3.63, 3.8) is 0 Å². The van der Waals surface area contributed by atoms with Gasteiger partial charge in [-0.2, -0.15) is 0 Å². The minimum absolute atomic E-state index is 0.283. The summed E-state index contributed by atoms with van der Waals surface area (Å²) in [7, 11) is 0. The standard InChI is InChI=1S/C16H20ClNO2/c1-16(2)8-3-9-18(11-16)14-6-5-13(17)10-12(14)4-7-15(19)20/h4-7,10H,3,8-9,11H2,1-2H3,(H,19,20)/b7-4+. The van der Waals surface area contributed by atoms with Gasteiger partial charge in [0.2, 0.25) is 0 Å². The Kier molecular flexibility index (Phi) is 4.39. The lowest BCUT2D eigenvalue weighted by Gasteiger charge is -2.40. The molecule has 0 radical (unpaired) electrons. The highest BCUT2D eigenvalue weighted by atomic mass is 35.5. The van der Waals surface area contributed by atoms with Crippen LogP contribution < -0.4 is 4.90 Å². The summed E-state index contributed by atoms with van der Waals surface area (Å²) in [6.07, 6.45) is 5.14. The molecule has 1 N–H and O–H groups in total. The third kappa shape index (κ3) is 3.76. The third-order valence-corrected chi connectivity index (χ3v) is 3.87. The lowest BCUT2D eigenvalue weighted by Crippen LogP contribution is -2.40. The molecule has 1 aromatic rings. The van der Waals surface area contributed by atoms with Gasteiger partial charge in [-0.3, -0.25) is 0 Å². The van der Waals surface area contributed by atoms with Crippen LogP contribution in [-0.2, 0) is 4.79 Å². The Labute approximate surface area is 124 Å². The molecule has 1 fully saturated rings. The second-order valence-corrected chi connectivity index (χ2v) is 6.50. The van der Waals surface area contributed by atoms with Gasteiger partial charge < -0.3 is 10.0 Å². The fraction of sp³-hybridized carbons (Fsp3) is 0.438. The Morgan fingerprint density at radius 1 is 1.45 bits per heavy atom. The second kappa shape index (κ2) is 5.88. The van der Waals surface area contributed by atoms with Crippen molar-refractivity contribution in [3.05, 3.63) is 34.9 Å². The molecule has 2 rings (SSSR count). The summed E-state index contributed by atoms with van der Waals surface area (Å²) in [4.78, 5) is 13.0. The molecule has 0 bridgehead atoms. The van der Waals surface area contributed by atoms with Crippen LogP contribution in [0.25, 0.3) is 6.08 Å². The zero-order chi connectivity index (χ0) is 14.8. The van der Waals surface area contributed by atoms with Crippen LogP contribution in [0.15, 0.2) is 24.3 Å². The fourth-order valence-corrected chi connectivity index (χ4v) is 2.92. The zero-order valence-corrected chi connectivity index (χ0v) is 12.7. The Morgan fingerprint density at radius 3 is 2.85 bits per heavy atom. The van der Waals surface area contributed by atoms with E-state index in [1.165, 1.54) is 6.42 Å². The second-order valence-electron chi connectivity index (χ2n) is 6.06. The Balaban J connectivity index is 2.33. The quantitative estimate of drug-likeness (QED) is 0.854. The van der Waals surface area contributed by atoms with Gasteiger partial charge in [0.1, 0.15) is 0 Å². The van der Waals surface area contributed by atoms with Crippen LogP contribution in [0.2, 0.25) is 5.02 Å². The predicted octanol–water partition coefficient (Wildman–Crippen LogP) is 4.06. The van der Waals surface area contributed by atoms with Crippen LogP contribution in [0.3, 0.4) is 0 Å². The number of hydrogen-bond acceptors (Lipinski definition) is 2. The smallest absolute Gasteiger partial charge is 0.328 e. The van der Waals surface area contributed by atoms with E-state index in [1.54, 1.807) is 6.08 Å². The maximum atomic E-state index is 10.7. The molecule has 0 aromatic heterocycles. The van der Waals surface area contributed by atoms with Crippen LogP contribution in [0.5, 0.6) is 0 Å². The summed E-state index contributed by atoms with van der Waals surface area (Å²) in [5, 5.41) is 9.42. The van der Waals surface area contributed by atoms with Gasteiger partial charge in [-0.05, 0) is 48.1 Å². The largest absolute Gasteiger partial charge is 0.478 e. The summed E-state index contributed by atoms with van der Waals surface area (Å²) >= 11 is 6.03. The minimum atomic E-state index is -0.949. The highest BCUT2D eigenvalue weighted by Gasteiger charge is 2.27. The van der Waals surface area contributed by atoms with E-state index in [1.807, 2.05) is 18.2 Å². The summed E-state index contributed by atoms with van der Waals surface area (Å²) in [5.74, 6) is -0.949. The van der Waals surface area contributed by atoms with E-state index >= 15 is 0 Å². The van der Waals surface area contributed by atoms with E-state index in [-0.39, 0.29) is 5.41 Å². The molecule has 0 saturated carbocycles. The van der Waals surface area contributed by atoms with E-state index in [9.17, 15) is 4.79 Å². The fourth-order valence-electron chi connectivity index (χ4n) is 2.74. The van der Waals surface area contributed by atoms with Crippen LogP contribution in [0.1, 0.15) is 32.3 Å². The first-order valence-electron chi connectivity index (χ1n) is 6.83. The number of anilines is 1. The number of aliphatic carboxylic acids is 1. The van der Waals surface area contributed by atoms with Crippen molar-refractivity contribution in [2.75, 3.05) is 18.0 Å². The summed E-state index contributed by atoms with van der Waals surface area (Å²) in [6.45, 7) is 6.51. The van der Waals surface area contributed by atoms with Crippen molar-refractivity contribution in [2.45, 2.75) is 26.7 Å². The Morgan fingerprint density at radius 2 is 2.20 bits per heavy atom. The molecule has 0 atom stereocenters. The average molecular weight is 294 g/mol. The highest BCUT2D eigenvalue weighted by molar-refractivity contribution is 6.30. The molecule has 3 nitrogen and oxygen atoms in total. The lowest BCUT2D eigenvalue weighted by molar-refractivity contribution is -0.131. The molecule has 1 saturated heterocycles. The summed E-state index contributed by atoms with van der Waals surface area (Å²) < 4.78 is 0. The molecule has 20 heavy (non-hydrogen) atoms. The zero-order valence-electron chi connectivity index (χ0n) is 11.9. The van der Waals surface area contributed by atoms with Gasteiger partial charge in [-0.15, -0.1) is 0 Å². The number of carboxylic acids is 1. The Bertz CT molecular complexity index is 537. The monoisotopic (exact) mass is 293 g/mol. The number of halogens is 1. The average Bonchev–Trinajstić information content (AvgIpc) is 2.35. The minimum Gasteiger partial charge on any atom is -0.478 e. The van der Waals surface area contributed by atoms with Gasteiger partial charge in [0, 0.05) is 29.9 Å². The normalized spacial score (nSPS) is 18.4. The first kappa shape index (κ1) is 14.9. The molecule has 0 amide bonds. The van der Waals surface area contributed by atoms with Crippen molar-refractivity contribution in [1.29, 1.82) is 0 Å². The number of benzene rings is 1. The van der Waals surface area contributed by atoms with Gasteiger partial charge in [-0.1, -0.05) is 25.4 Å². The Hall–Kier alpha value is -1.48. The van der Waals surface area contributed by atoms with Crippen molar-refractivity contribution in [2.24, 2.45) is 5.41 Å². The molecule has 0 aliphatic carbocycles. The first-order chi connectivity index (χ1) is 9.37. The number of carboxylic acid groups (broad SMARTS) is 1. The number of rotatable bonds is 3. The number of hydrogen-bond donors (Lipinski definition) is 1. The van der Waals surface area contributed by atoms with Gasteiger partial charge in [0.15, 0.2) is 0 Å². The molecule has 1 aliphatic rings. The van der Waals surface area contributed by atoms with Gasteiger partial charge in [-0.25, -0.2) is 4.79 Å². The van der Waals surface area contributed by atoms with Gasteiger partial charge in [0.25, 0.3) is 0 Å². The highest BCUT2D eigenvalue weighted by Crippen LogP contribution is 2.34. The predicted molar refractivity (Wildman–Crippen MR) is 83.3 cm³/mol. The molecule has 1 heterocycles. The van der Waals surface area contributed by atoms with Crippen LogP contribution >= 0.6 is 11.6 Å². The summed E-state index contributed by atoms with van der Waals surface area (Å²) in [6, 6.07) is 5.65. The van der Waals surface area contributed by atoms with Crippen LogP contribution in [0, 0.1) is 5.41 Å². The van der Waals surface area contributed by atoms with Gasteiger partial charge >= 0.3 is 5.97 Å². The van der Waals surface area contributed by atoms with E-state index in [2.05, 4.69) is 18.7 Å². The van der Waals surface area contributed by atoms with E-state index < -0.39 is 5.97 Å². The molecular weight excluding hydrogens is 274 g/mol. The van der Waals surface area contributed by atoms with E-state index in [0.29, 0.717) is 5.02 Å². The SMILES string of the molecule is CC1(C)CCCN(c2ccc(Cl)cc2/C=C/C(=O)O)C1. The maximum Gasteiger partial charge on any atom is 0.328 e. The van der Waals surface area contributed by atoms with Gasteiger partial charge in [0.05, 0.1) is 0 Å². The van der Waals surface area contributed by atoms with Crippen LogP contribution in [0.4, 0.5) is 5.69 Å². The maximum absolute atomic E-state index is 10.7. The van der Waals surface area contributed by atoms with Crippen molar-refractivity contribution < 1.29 is 9.90 Å². The number of carbonyl (C=O) groups is 1. The molecule has 1 aliphatic heterocycles. The molecule has 0 spiro atoms. The molecule has 0 unspecified atom stereocenters. The molecule has 4 heteroatoms.